The van der Waals surface area contributed by atoms with Crippen LogP contribution in [0.3, 0.4) is 0 Å². The summed E-state index contributed by atoms with van der Waals surface area (Å²) in [6.45, 7) is -1.10. The highest BCUT2D eigenvalue weighted by atomic mass is 19.4. The number of hydrogen-bond acceptors (Lipinski definition) is 4. The van der Waals surface area contributed by atoms with E-state index in [1.54, 1.807) is 41.4 Å². The fourth-order valence-corrected chi connectivity index (χ4v) is 3.45. The Morgan fingerprint density at radius 2 is 1.94 bits per heavy atom. The summed E-state index contributed by atoms with van der Waals surface area (Å²) < 4.78 is 45.3. The monoisotopic (exact) mass is 442 g/mol. The zero-order valence-electron chi connectivity index (χ0n) is 16.8. The lowest BCUT2D eigenvalue weighted by Crippen LogP contribution is -2.41. The molecule has 0 unspecified atom stereocenters. The molecule has 3 heterocycles. The van der Waals surface area contributed by atoms with Crippen molar-refractivity contribution in [3.8, 4) is 22.8 Å². The molecule has 0 aliphatic heterocycles. The van der Waals surface area contributed by atoms with Crippen LogP contribution in [0.2, 0.25) is 0 Å². The fraction of sp³-hybridized carbons (Fsp3) is 0.174. The zero-order chi connectivity index (χ0) is 22.7. The Morgan fingerprint density at radius 1 is 1.09 bits per heavy atom. The van der Waals surface area contributed by atoms with Crippen molar-refractivity contribution in [1.82, 2.24) is 9.38 Å². The Kier molecular flexibility index (Phi) is 5.81. The zero-order valence-corrected chi connectivity index (χ0v) is 16.8. The Balaban J connectivity index is 1.79. The van der Waals surface area contributed by atoms with Crippen LogP contribution in [0.15, 0.2) is 78.0 Å². The first kappa shape index (κ1) is 21.4. The normalized spacial score (nSPS) is 11.6. The van der Waals surface area contributed by atoms with E-state index in [-0.39, 0.29) is 22.8 Å². The van der Waals surface area contributed by atoms with E-state index in [4.69, 9.17) is 4.74 Å². The average Bonchev–Trinajstić information content (AvgIpc) is 2.78. The van der Waals surface area contributed by atoms with Gasteiger partial charge in [0.1, 0.15) is 5.75 Å². The topological polar surface area (TPSA) is 67.7 Å². The van der Waals surface area contributed by atoms with Crippen LogP contribution in [-0.2, 0) is 13.0 Å². The maximum absolute atomic E-state index is 13.2. The molecule has 0 aliphatic rings. The summed E-state index contributed by atoms with van der Waals surface area (Å²) in [4.78, 5) is 17.2. The van der Waals surface area contributed by atoms with E-state index in [1.807, 2.05) is 12.1 Å². The number of benzene rings is 1. The average molecular weight is 442 g/mol. The van der Waals surface area contributed by atoms with Gasteiger partial charge in [-0.3, -0.25) is 4.98 Å². The molecule has 1 N–H and O–H groups in total. The number of ether oxygens (including phenoxy) is 1. The molecule has 0 atom stereocenters. The Bertz CT molecular complexity index is 1300. The highest BCUT2D eigenvalue weighted by Crippen LogP contribution is 2.28. The van der Waals surface area contributed by atoms with Crippen molar-refractivity contribution >= 4 is 5.65 Å². The summed E-state index contributed by atoms with van der Waals surface area (Å²) >= 11 is 0. The summed E-state index contributed by atoms with van der Waals surface area (Å²) in [6, 6.07) is 14.5. The van der Waals surface area contributed by atoms with E-state index >= 15 is 0 Å². The molecule has 0 aliphatic carbocycles. The van der Waals surface area contributed by atoms with Gasteiger partial charge in [0, 0.05) is 30.4 Å². The van der Waals surface area contributed by atoms with Gasteiger partial charge in [0.25, 0.3) is 11.5 Å². The Labute approximate surface area is 180 Å². The van der Waals surface area contributed by atoms with Crippen molar-refractivity contribution in [2.75, 3.05) is 6.61 Å². The van der Waals surface area contributed by atoms with Gasteiger partial charge in [-0.2, -0.15) is 22.1 Å². The maximum Gasteiger partial charge on any atom is 0.422 e. The second kappa shape index (κ2) is 8.70. The van der Waals surface area contributed by atoms with E-state index in [9.17, 15) is 23.1 Å². The molecule has 0 saturated heterocycles. The molecule has 0 fully saturated rings. The molecule has 32 heavy (non-hydrogen) atoms. The molecule has 0 amide bonds. The lowest BCUT2D eigenvalue weighted by atomic mass is 10.1. The van der Waals surface area contributed by atoms with Crippen molar-refractivity contribution in [2.45, 2.75) is 19.1 Å². The maximum atomic E-state index is 13.2. The summed E-state index contributed by atoms with van der Waals surface area (Å²) in [5, 5.41) is 11.1. The van der Waals surface area contributed by atoms with Crippen LogP contribution in [0, 0.1) is 0 Å². The number of rotatable bonds is 6. The van der Waals surface area contributed by atoms with Crippen LogP contribution in [0.4, 0.5) is 13.2 Å². The van der Waals surface area contributed by atoms with Crippen LogP contribution >= 0.6 is 0 Å². The van der Waals surface area contributed by atoms with Gasteiger partial charge >= 0.3 is 11.7 Å². The largest absolute Gasteiger partial charge is 0.484 e. The van der Waals surface area contributed by atoms with Crippen LogP contribution < -0.4 is 14.9 Å². The number of aromatic nitrogens is 3. The highest BCUT2D eigenvalue weighted by molar-refractivity contribution is 5.68. The highest BCUT2D eigenvalue weighted by Gasteiger charge is 2.29. The molecule has 3 aromatic heterocycles. The third kappa shape index (κ3) is 4.56. The van der Waals surface area contributed by atoms with Gasteiger partial charge < -0.3 is 9.84 Å². The Morgan fingerprint density at radius 3 is 2.69 bits per heavy atom. The molecule has 0 spiro atoms. The minimum Gasteiger partial charge on any atom is -0.484 e. The van der Waals surface area contributed by atoms with Crippen molar-refractivity contribution in [3.63, 3.8) is 0 Å². The number of alkyl halides is 3. The number of aromatic hydroxyl groups is 1. The lowest BCUT2D eigenvalue weighted by molar-refractivity contribution is -0.679. The smallest absolute Gasteiger partial charge is 0.422 e. The number of nitrogens with zero attached hydrogens (tertiary/aromatic N) is 3. The van der Waals surface area contributed by atoms with Crippen LogP contribution in [0.1, 0.15) is 5.56 Å². The van der Waals surface area contributed by atoms with E-state index in [2.05, 4.69) is 4.98 Å². The van der Waals surface area contributed by atoms with Crippen LogP contribution in [0.25, 0.3) is 16.8 Å². The molecule has 1 aromatic carbocycles. The van der Waals surface area contributed by atoms with Gasteiger partial charge in [0.2, 0.25) is 0 Å². The van der Waals surface area contributed by atoms with Gasteiger partial charge in [-0.15, -0.1) is 0 Å². The number of aryl methyl sites for hydroxylation is 2. The summed E-state index contributed by atoms with van der Waals surface area (Å²) in [5.74, 6) is -0.336. The van der Waals surface area contributed by atoms with E-state index in [0.717, 1.165) is 5.56 Å². The second-order valence-electron chi connectivity index (χ2n) is 7.13. The number of pyridine rings is 2. The molecule has 0 saturated carbocycles. The lowest BCUT2D eigenvalue weighted by Gasteiger charge is -2.12. The SMILES string of the molecule is O=c1c(-c2cccc(OCC(F)(F)F)c2)c(O)[n+](CCc2cccnc2)c2ccccn12. The van der Waals surface area contributed by atoms with E-state index in [0.29, 0.717) is 18.6 Å². The van der Waals surface area contributed by atoms with Gasteiger partial charge in [0.15, 0.2) is 12.2 Å². The first-order valence-corrected chi connectivity index (χ1v) is 9.78. The molecule has 0 bridgehead atoms. The predicted molar refractivity (Wildman–Crippen MR) is 110 cm³/mol. The standard InChI is InChI=1S/C23H18F3N3O3/c24-23(25,26)15-32-18-7-3-6-17(13-18)20-21(30)28-11-2-1-8-19(28)29(22(20)31)12-9-16-5-4-10-27-14-16/h1-8,10-11,13-14H,9,12,15H2/p+1. The molecule has 9 heteroatoms. The first-order valence-electron chi connectivity index (χ1n) is 9.78. The summed E-state index contributed by atoms with van der Waals surface area (Å²) in [7, 11) is 0. The third-order valence-corrected chi connectivity index (χ3v) is 4.90. The molecule has 4 rings (SSSR count). The number of fused-ring (bicyclic) bond motifs is 1. The quantitative estimate of drug-likeness (QED) is 0.464. The van der Waals surface area contributed by atoms with E-state index in [1.165, 1.54) is 28.7 Å². The van der Waals surface area contributed by atoms with Gasteiger partial charge in [0.05, 0.1) is 12.7 Å². The number of halogens is 3. The first-order chi connectivity index (χ1) is 15.3. The molecule has 0 radical (unpaired) electrons. The van der Waals surface area contributed by atoms with Crippen molar-refractivity contribution in [1.29, 1.82) is 0 Å². The van der Waals surface area contributed by atoms with Crippen LogP contribution in [0.5, 0.6) is 11.6 Å². The van der Waals surface area contributed by atoms with Gasteiger partial charge in [-0.25, -0.2) is 4.79 Å². The molecule has 6 nitrogen and oxygen atoms in total. The molecular weight excluding hydrogens is 423 g/mol. The van der Waals surface area contributed by atoms with Gasteiger partial charge in [-0.1, -0.05) is 24.3 Å². The van der Waals surface area contributed by atoms with E-state index < -0.39 is 18.3 Å². The molecule has 164 valence electrons. The van der Waals surface area contributed by atoms with Gasteiger partial charge in [-0.05, 0) is 29.8 Å². The van der Waals surface area contributed by atoms with Crippen molar-refractivity contribution < 1.29 is 27.6 Å². The summed E-state index contributed by atoms with van der Waals surface area (Å²) in [6.07, 6.45) is 1.01. The molecule has 4 aromatic rings. The van der Waals surface area contributed by atoms with Crippen molar-refractivity contribution in [2.24, 2.45) is 0 Å². The van der Waals surface area contributed by atoms with Crippen molar-refractivity contribution in [3.05, 3.63) is 89.1 Å². The number of hydrogen-bond donors (Lipinski definition) is 1. The predicted octanol–water partition coefficient (Wildman–Crippen LogP) is 3.54. The molecular formula is C23H19F3N3O3+. The van der Waals surface area contributed by atoms with Crippen LogP contribution in [-0.4, -0.2) is 27.3 Å². The minimum atomic E-state index is -4.49. The Hall–Kier alpha value is -3.88. The fourth-order valence-electron chi connectivity index (χ4n) is 3.45. The third-order valence-electron chi connectivity index (χ3n) is 4.90. The minimum absolute atomic E-state index is 0.0302. The summed E-state index contributed by atoms with van der Waals surface area (Å²) in [5.41, 5.74) is 1.15. The second-order valence-corrected chi connectivity index (χ2v) is 7.13.